The van der Waals surface area contributed by atoms with Gasteiger partial charge in [-0.3, -0.25) is 9.79 Å². The molecule has 0 radical (unpaired) electrons. The van der Waals surface area contributed by atoms with Gasteiger partial charge in [-0.1, -0.05) is 24.3 Å². The van der Waals surface area contributed by atoms with Crippen LogP contribution in [0, 0.1) is 0 Å². The van der Waals surface area contributed by atoms with Crippen molar-refractivity contribution in [1.82, 2.24) is 20.9 Å². The fourth-order valence-corrected chi connectivity index (χ4v) is 3.02. The highest BCUT2D eigenvalue weighted by atomic mass is 127. The van der Waals surface area contributed by atoms with Crippen molar-refractivity contribution in [3.8, 4) is 0 Å². The van der Waals surface area contributed by atoms with Gasteiger partial charge in [0, 0.05) is 46.2 Å². The summed E-state index contributed by atoms with van der Waals surface area (Å²) in [4.78, 5) is 29.7. The average Bonchev–Trinajstić information content (AvgIpc) is 3.05. The van der Waals surface area contributed by atoms with Gasteiger partial charge in [0.1, 0.15) is 5.60 Å². The number of ether oxygens (including phenoxy) is 1. The highest BCUT2D eigenvalue weighted by Crippen LogP contribution is 2.17. The Morgan fingerprint density at radius 3 is 2.40 bits per heavy atom. The van der Waals surface area contributed by atoms with Gasteiger partial charge in [-0.15, -0.1) is 24.0 Å². The van der Waals surface area contributed by atoms with Crippen molar-refractivity contribution in [1.29, 1.82) is 0 Å². The number of hydrogen-bond acceptors (Lipinski definition) is 4. The van der Waals surface area contributed by atoms with Crippen molar-refractivity contribution in [2.45, 2.75) is 52.3 Å². The summed E-state index contributed by atoms with van der Waals surface area (Å²) in [6, 6.07) is 8.10. The molecule has 1 fully saturated rings. The van der Waals surface area contributed by atoms with Crippen molar-refractivity contribution < 1.29 is 14.3 Å². The smallest absolute Gasteiger partial charge is 0.407 e. The first kappa shape index (κ1) is 26.0. The molecule has 2 amide bonds. The van der Waals surface area contributed by atoms with E-state index < -0.39 is 11.7 Å². The Bertz CT molecular complexity index is 734. The second-order valence-electron chi connectivity index (χ2n) is 7.97. The number of guanidine groups is 1. The van der Waals surface area contributed by atoms with Gasteiger partial charge in [0.25, 0.3) is 0 Å². The molecule has 0 saturated carbocycles. The molecule has 1 aliphatic rings. The fraction of sp³-hybridized carbons (Fsp3) is 0.571. The Morgan fingerprint density at radius 1 is 1.13 bits per heavy atom. The zero-order valence-electron chi connectivity index (χ0n) is 18.3. The zero-order chi connectivity index (χ0) is 21.3. The van der Waals surface area contributed by atoms with E-state index in [1.807, 2.05) is 37.8 Å². The molecule has 1 saturated heterocycles. The standard InChI is InChI=1S/C21H33N5O3.HI/c1-21(2,3)29-20(28)24-12-11-23-19(22-4)25-14-16-8-5-6-9-17(16)15-26-13-7-10-18(26)27;/h5-6,8-9H,7,10-15H2,1-4H3,(H,24,28)(H2,22,23,25);1H. The number of aliphatic imine (C=N–C) groups is 1. The molecule has 8 nitrogen and oxygen atoms in total. The maximum Gasteiger partial charge on any atom is 0.407 e. The number of hydrogen-bond donors (Lipinski definition) is 3. The van der Waals surface area contributed by atoms with Crippen molar-refractivity contribution in [2.24, 2.45) is 4.99 Å². The third-order valence-corrected chi connectivity index (χ3v) is 4.41. The SMILES string of the molecule is CN=C(NCCNC(=O)OC(C)(C)C)NCc1ccccc1CN1CCCC1=O.I. The third-order valence-electron chi connectivity index (χ3n) is 4.41. The fourth-order valence-electron chi connectivity index (χ4n) is 3.02. The van der Waals surface area contributed by atoms with Crippen LogP contribution < -0.4 is 16.0 Å². The van der Waals surface area contributed by atoms with Crippen LogP contribution in [0.2, 0.25) is 0 Å². The molecule has 0 aromatic heterocycles. The van der Waals surface area contributed by atoms with Gasteiger partial charge in [-0.05, 0) is 38.3 Å². The zero-order valence-corrected chi connectivity index (χ0v) is 20.6. The van der Waals surface area contributed by atoms with Crippen molar-refractivity contribution in [2.75, 3.05) is 26.7 Å². The Morgan fingerprint density at radius 2 is 1.80 bits per heavy atom. The lowest BCUT2D eigenvalue weighted by Crippen LogP contribution is -2.42. The van der Waals surface area contributed by atoms with E-state index in [-0.39, 0.29) is 29.9 Å². The lowest BCUT2D eigenvalue weighted by Gasteiger charge is -2.20. The van der Waals surface area contributed by atoms with Crippen LogP contribution in [0.5, 0.6) is 0 Å². The molecular weight excluding hydrogens is 497 g/mol. The summed E-state index contributed by atoms with van der Waals surface area (Å²) in [6.45, 7) is 8.48. The lowest BCUT2D eigenvalue weighted by atomic mass is 10.1. The lowest BCUT2D eigenvalue weighted by molar-refractivity contribution is -0.128. The van der Waals surface area contributed by atoms with E-state index in [9.17, 15) is 9.59 Å². The number of halogens is 1. The van der Waals surface area contributed by atoms with E-state index in [0.717, 1.165) is 24.1 Å². The van der Waals surface area contributed by atoms with Crippen LogP contribution in [0.15, 0.2) is 29.3 Å². The molecule has 0 bridgehead atoms. The van der Waals surface area contributed by atoms with E-state index in [1.165, 1.54) is 0 Å². The van der Waals surface area contributed by atoms with E-state index in [2.05, 4.69) is 33.1 Å². The summed E-state index contributed by atoms with van der Waals surface area (Å²) < 4.78 is 5.20. The maximum atomic E-state index is 11.9. The van der Waals surface area contributed by atoms with Crippen LogP contribution in [0.25, 0.3) is 0 Å². The molecule has 1 aromatic carbocycles. The number of nitrogens with zero attached hydrogens (tertiary/aromatic N) is 2. The van der Waals surface area contributed by atoms with E-state index in [1.54, 1.807) is 7.05 Å². The van der Waals surface area contributed by atoms with E-state index >= 15 is 0 Å². The van der Waals surface area contributed by atoms with Gasteiger partial charge in [-0.2, -0.15) is 0 Å². The first-order valence-electron chi connectivity index (χ1n) is 10.0. The summed E-state index contributed by atoms with van der Waals surface area (Å²) in [5.74, 6) is 0.866. The minimum atomic E-state index is -0.512. The third kappa shape index (κ3) is 9.19. The van der Waals surface area contributed by atoms with Crippen LogP contribution >= 0.6 is 24.0 Å². The molecule has 1 heterocycles. The van der Waals surface area contributed by atoms with Crippen LogP contribution in [0.1, 0.15) is 44.7 Å². The Hall–Kier alpha value is -2.04. The molecule has 0 aliphatic carbocycles. The first-order valence-corrected chi connectivity index (χ1v) is 10.0. The van der Waals surface area contributed by atoms with Gasteiger partial charge >= 0.3 is 6.09 Å². The average molecular weight is 531 g/mol. The van der Waals surface area contributed by atoms with Gasteiger partial charge in [-0.25, -0.2) is 4.79 Å². The minimum absolute atomic E-state index is 0. The summed E-state index contributed by atoms with van der Waals surface area (Å²) in [5.41, 5.74) is 1.75. The number of alkyl carbamates (subject to hydrolysis) is 1. The normalized spacial score (nSPS) is 14.2. The summed E-state index contributed by atoms with van der Waals surface area (Å²) in [6.07, 6.45) is 1.15. The van der Waals surface area contributed by atoms with Crippen LogP contribution in [-0.2, 0) is 22.6 Å². The van der Waals surface area contributed by atoms with Crippen molar-refractivity contribution in [3.63, 3.8) is 0 Å². The number of benzene rings is 1. The molecule has 1 aromatic rings. The Balaban J connectivity index is 0.00000450. The molecule has 0 atom stereocenters. The van der Waals surface area contributed by atoms with Crippen LogP contribution in [-0.4, -0.2) is 55.1 Å². The summed E-state index contributed by atoms with van der Waals surface area (Å²) in [5, 5.41) is 9.14. The number of carbonyl (C=O) groups excluding carboxylic acids is 2. The molecular formula is C21H34IN5O3. The molecule has 9 heteroatoms. The predicted octanol–water partition coefficient (Wildman–Crippen LogP) is 2.62. The first-order chi connectivity index (χ1) is 13.8. The number of amides is 2. The minimum Gasteiger partial charge on any atom is -0.444 e. The predicted molar refractivity (Wildman–Crippen MR) is 129 cm³/mol. The highest BCUT2D eigenvalue weighted by Gasteiger charge is 2.21. The number of rotatable bonds is 7. The van der Waals surface area contributed by atoms with E-state index in [4.69, 9.17) is 4.74 Å². The molecule has 2 rings (SSSR count). The van der Waals surface area contributed by atoms with Crippen molar-refractivity contribution in [3.05, 3.63) is 35.4 Å². The van der Waals surface area contributed by atoms with Gasteiger partial charge in [0.2, 0.25) is 5.91 Å². The highest BCUT2D eigenvalue weighted by molar-refractivity contribution is 14.0. The summed E-state index contributed by atoms with van der Waals surface area (Å²) >= 11 is 0. The summed E-state index contributed by atoms with van der Waals surface area (Å²) in [7, 11) is 1.70. The largest absolute Gasteiger partial charge is 0.444 e. The Labute approximate surface area is 196 Å². The maximum absolute atomic E-state index is 11.9. The number of nitrogens with one attached hydrogen (secondary N) is 3. The van der Waals surface area contributed by atoms with E-state index in [0.29, 0.717) is 38.6 Å². The Kier molecular flexibility index (Phi) is 10.9. The second-order valence-corrected chi connectivity index (χ2v) is 7.97. The second kappa shape index (κ2) is 12.6. The molecule has 168 valence electrons. The molecule has 0 spiro atoms. The monoisotopic (exact) mass is 531 g/mol. The quantitative estimate of drug-likeness (QED) is 0.218. The molecule has 30 heavy (non-hydrogen) atoms. The molecule has 1 aliphatic heterocycles. The van der Waals surface area contributed by atoms with Crippen molar-refractivity contribution >= 4 is 41.9 Å². The topological polar surface area (TPSA) is 95.1 Å². The van der Waals surface area contributed by atoms with Gasteiger partial charge < -0.3 is 25.6 Å². The molecule has 0 unspecified atom stereocenters. The van der Waals surface area contributed by atoms with Gasteiger partial charge in [0.05, 0.1) is 0 Å². The molecule has 3 N–H and O–H groups in total. The van der Waals surface area contributed by atoms with Gasteiger partial charge in [0.15, 0.2) is 5.96 Å². The van der Waals surface area contributed by atoms with Crippen LogP contribution in [0.3, 0.4) is 0 Å². The number of likely N-dealkylation sites (tertiary alicyclic amines) is 1. The number of carbonyl (C=O) groups is 2. The van der Waals surface area contributed by atoms with Crippen LogP contribution in [0.4, 0.5) is 4.79 Å².